The predicted octanol–water partition coefficient (Wildman–Crippen LogP) is 3.10. The van der Waals surface area contributed by atoms with Gasteiger partial charge < -0.3 is 9.52 Å². The lowest BCUT2D eigenvalue weighted by Gasteiger charge is -1.88. The number of aromatic nitrogens is 1. The molecule has 2 aromatic heterocycles. The van der Waals surface area contributed by atoms with E-state index in [1.807, 2.05) is 19.1 Å². The third-order valence-electron chi connectivity index (χ3n) is 1.91. The SMILES string of the molecule is Cc1ccc(-c2nc(Br)c(CC(=O)O)s2)o1. The van der Waals surface area contributed by atoms with E-state index in [-0.39, 0.29) is 6.42 Å². The van der Waals surface area contributed by atoms with Gasteiger partial charge in [-0.05, 0) is 35.0 Å². The zero-order chi connectivity index (χ0) is 11.7. The molecule has 1 N–H and O–H groups in total. The number of nitrogens with zero attached hydrogens (tertiary/aromatic N) is 1. The summed E-state index contributed by atoms with van der Waals surface area (Å²) in [7, 11) is 0. The Balaban J connectivity index is 2.33. The van der Waals surface area contributed by atoms with E-state index >= 15 is 0 Å². The maximum Gasteiger partial charge on any atom is 0.308 e. The third-order valence-corrected chi connectivity index (χ3v) is 3.90. The van der Waals surface area contributed by atoms with Crippen molar-refractivity contribution in [2.45, 2.75) is 13.3 Å². The van der Waals surface area contributed by atoms with Crippen molar-refractivity contribution in [2.24, 2.45) is 0 Å². The number of aliphatic carboxylic acids is 1. The van der Waals surface area contributed by atoms with Crippen molar-refractivity contribution in [1.29, 1.82) is 0 Å². The van der Waals surface area contributed by atoms with Crippen LogP contribution in [0.25, 0.3) is 10.8 Å². The molecule has 0 aliphatic heterocycles. The molecule has 0 aromatic carbocycles. The summed E-state index contributed by atoms with van der Waals surface area (Å²) in [4.78, 5) is 15.5. The summed E-state index contributed by atoms with van der Waals surface area (Å²) in [6.45, 7) is 1.85. The molecule has 0 unspecified atom stereocenters. The molecule has 0 atom stereocenters. The van der Waals surface area contributed by atoms with Crippen molar-refractivity contribution >= 4 is 33.2 Å². The monoisotopic (exact) mass is 301 g/mol. The standard InChI is InChI=1S/C10H8BrNO3S/c1-5-2-3-6(15-5)10-12-9(11)7(16-10)4-8(13)14/h2-3H,4H2,1H3,(H,13,14). The van der Waals surface area contributed by atoms with Crippen LogP contribution >= 0.6 is 27.3 Å². The smallest absolute Gasteiger partial charge is 0.308 e. The highest BCUT2D eigenvalue weighted by atomic mass is 79.9. The van der Waals surface area contributed by atoms with Gasteiger partial charge in [0.2, 0.25) is 0 Å². The zero-order valence-corrected chi connectivity index (χ0v) is 10.8. The van der Waals surface area contributed by atoms with Gasteiger partial charge >= 0.3 is 5.97 Å². The van der Waals surface area contributed by atoms with Gasteiger partial charge in [-0.2, -0.15) is 0 Å². The van der Waals surface area contributed by atoms with Crippen molar-refractivity contribution in [3.05, 3.63) is 27.4 Å². The number of hydrogen-bond donors (Lipinski definition) is 1. The fourth-order valence-electron chi connectivity index (χ4n) is 1.23. The van der Waals surface area contributed by atoms with Crippen molar-refractivity contribution in [3.63, 3.8) is 0 Å². The molecule has 6 heteroatoms. The van der Waals surface area contributed by atoms with Gasteiger partial charge in [-0.3, -0.25) is 4.79 Å². The van der Waals surface area contributed by atoms with E-state index in [0.717, 1.165) is 5.76 Å². The summed E-state index contributed by atoms with van der Waals surface area (Å²) in [6, 6.07) is 3.67. The zero-order valence-electron chi connectivity index (χ0n) is 8.36. The van der Waals surface area contributed by atoms with Crippen LogP contribution in [0, 0.1) is 6.92 Å². The largest absolute Gasteiger partial charge is 0.481 e. The van der Waals surface area contributed by atoms with E-state index in [0.29, 0.717) is 20.2 Å². The molecule has 84 valence electrons. The molecule has 0 aliphatic carbocycles. The van der Waals surface area contributed by atoms with E-state index in [2.05, 4.69) is 20.9 Å². The second-order valence-electron chi connectivity index (χ2n) is 3.21. The quantitative estimate of drug-likeness (QED) is 0.946. The highest BCUT2D eigenvalue weighted by Gasteiger charge is 2.15. The Morgan fingerprint density at radius 2 is 2.38 bits per heavy atom. The van der Waals surface area contributed by atoms with E-state index in [1.165, 1.54) is 11.3 Å². The van der Waals surface area contributed by atoms with E-state index < -0.39 is 5.97 Å². The Kier molecular flexibility index (Phi) is 3.11. The molecule has 2 rings (SSSR count). The summed E-state index contributed by atoms with van der Waals surface area (Å²) in [6.07, 6.45) is -0.0298. The first-order valence-corrected chi connectivity index (χ1v) is 6.11. The lowest BCUT2D eigenvalue weighted by Crippen LogP contribution is -1.98. The van der Waals surface area contributed by atoms with Crippen molar-refractivity contribution in [3.8, 4) is 10.8 Å². The Morgan fingerprint density at radius 3 is 2.94 bits per heavy atom. The number of carboxylic acid groups (broad SMARTS) is 1. The molecule has 2 aromatic rings. The Labute approximate surface area is 104 Å². The number of carbonyl (C=O) groups is 1. The van der Waals surface area contributed by atoms with Gasteiger partial charge in [0.05, 0.1) is 11.3 Å². The summed E-state index contributed by atoms with van der Waals surface area (Å²) in [5.41, 5.74) is 0. The summed E-state index contributed by atoms with van der Waals surface area (Å²) < 4.78 is 6.00. The Bertz CT molecular complexity index is 532. The number of furan rings is 1. The molecule has 16 heavy (non-hydrogen) atoms. The molecule has 0 bridgehead atoms. The molecule has 0 aliphatic rings. The molecular formula is C10H8BrNO3S. The number of aryl methyl sites for hydroxylation is 1. The van der Waals surface area contributed by atoms with Gasteiger partial charge in [-0.15, -0.1) is 11.3 Å². The fourth-order valence-corrected chi connectivity index (χ4v) is 2.82. The summed E-state index contributed by atoms with van der Waals surface area (Å²) in [5.74, 6) is 0.604. The van der Waals surface area contributed by atoms with Crippen LogP contribution in [0.4, 0.5) is 0 Å². The normalized spacial score (nSPS) is 10.6. The van der Waals surface area contributed by atoms with Crippen LogP contribution in [0.3, 0.4) is 0 Å². The Morgan fingerprint density at radius 1 is 1.62 bits per heavy atom. The van der Waals surface area contributed by atoms with Gasteiger partial charge in [0.25, 0.3) is 0 Å². The van der Waals surface area contributed by atoms with Gasteiger partial charge in [0, 0.05) is 0 Å². The minimum absolute atomic E-state index is 0.0298. The first-order chi connectivity index (χ1) is 7.56. The topological polar surface area (TPSA) is 63.3 Å². The number of carboxylic acids is 1. The van der Waals surface area contributed by atoms with Crippen LogP contribution in [0.15, 0.2) is 21.2 Å². The van der Waals surface area contributed by atoms with E-state index in [4.69, 9.17) is 9.52 Å². The maximum absolute atomic E-state index is 10.6. The maximum atomic E-state index is 10.6. The number of thiazole rings is 1. The van der Waals surface area contributed by atoms with Crippen LogP contribution in [0.1, 0.15) is 10.6 Å². The molecule has 0 amide bonds. The van der Waals surface area contributed by atoms with Crippen molar-refractivity contribution in [1.82, 2.24) is 4.98 Å². The first-order valence-electron chi connectivity index (χ1n) is 4.50. The molecule has 0 saturated carbocycles. The van der Waals surface area contributed by atoms with Crippen molar-refractivity contribution in [2.75, 3.05) is 0 Å². The second-order valence-corrected chi connectivity index (χ2v) is 5.05. The first kappa shape index (κ1) is 11.3. The number of rotatable bonds is 3. The van der Waals surface area contributed by atoms with Crippen molar-refractivity contribution < 1.29 is 14.3 Å². The second kappa shape index (κ2) is 4.39. The van der Waals surface area contributed by atoms with Gasteiger partial charge in [0.1, 0.15) is 10.4 Å². The number of halogens is 1. The lowest BCUT2D eigenvalue weighted by atomic mass is 10.4. The van der Waals surface area contributed by atoms with Crippen LogP contribution in [0.5, 0.6) is 0 Å². The van der Waals surface area contributed by atoms with Crippen LogP contribution in [0.2, 0.25) is 0 Å². The van der Waals surface area contributed by atoms with Crippen LogP contribution < -0.4 is 0 Å². The molecular weight excluding hydrogens is 294 g/mol. The third kappa shape index (κ3) is 2.33. The Hall–Kier alpha value is -1.14. The summed E-state index contributed by atoms with van der Waals surface area (Å²) >= 11 is 4.57. The van der Waals surface area contributed by atoms with Gasteiger partial charge in [0.15, 0.2) is 10.8 Å². The number of hydrogen-bond acceptors (Lipinski definition) is 4. The van der Waals surface area contributed by atoms with Gasteiger partial charge in [-0.1, -0.05) is 0 Å². The summed E-state index contributed by atoms with van der Waals surface area (Å²) in [5, 5.41) is 9.40. The highest BCUT2D eigenvalue weighted by molar-refractivity contribution is 9.10. The van der Waals surface area contributed by atoms with Gasteiger partial charge in [-0.25, -0.2) is 4.98 Å². The van der Waals surface area contributed by atoms with Crippen LogP contribution in [-0.2, 0) is 11.2 Å². The fraction of sp³-hybridized carbons (Fsp3) is 0.200. The predicted molar refractivity (Wildman–Crippen MR) is 63.6 cm³/mol. The van der Waals surface area contributed by atoms with E-state index in [1.54, 1.807) is 0 Å². The molecule has 0 spiro atoms. The van der Waals surface area contributed by atoms with Crippen LogP contribution in [-0.4, -0.2) is 16.1 Å². The molecule has 0 fully saturated rings. The average Bonchev–Trinajstić information content (AvgIpc) is 2.74. The lowest BCUT2D eigenvalue weighted by molar-refractivity contribution is -0.136. The molecule has 4 nitrogen and oxygen atoms in total. The van der Waals surface area contributed by atoms with E-state index in [9.17, 15) is 4.79 Å². The molecule has 0 saturated heterocycles. The molecule has 2 heterocycles. The average molecular weight is 302 g/mol. The minimum atomic E-state index is -0.869. The molecule has 0 radical (unpaired) electrons. The minimum Gasteiger partial charge on any atom is -0.481 e. The highest BCUT2D eigenvalue weighted by Crippen LogP contribution is 2.32.